The van der Waals surface area contributed by atoms with Gasteiger partial charge in [0.2, 0.25) is 11.8 Å². The predicted molar refractivity (Wildman–Crippen MR) is 63.5 cm³/mol. The van der Waals surface area contributed by atoms with Crippen LogP contribution < -0.4 is 5.32 Å². The van der Waals surface area contributed by atoms with Crippen molar-refractivity contribution in [3.05, 3.63) is 11.8 Å². The minimum Gasteiger partial charge on any atom is -0.424 e. The summed E-state index contributed by atoms with van der Waals surface area (Å²) >= 11 is 0. The first kappa shape index (κ1) is 11.2. The lowest BCUT2D eigenvalue weighted by Gasteiger charge is -2.28. The number of nitrogens with zero attached hydrogens (tertiary/aromatic N) is 3. The summed E-state index contributed by atoms with van der Waals surface area (Å²) in [6.07, 6.45) is 5.21. The van der Waals surface area contributed by atoms with Gasteiger partial charge >= 0.3 is 0 Å². The van der Waals surface area contributed by atoms with E-state index in [2.05, 4.69) is 20.4 Å². The van der Waals surface area contributed by atoms with Crippen molar-refractivity contribution < 1.29 is 4.42 Å². The van der Waals surface area contributed by atoms with Gasteiger partial charge in [-0.1, -0.05) is 0 Å². The van der Waals surface area contributed by atoms with Crippen molar-refractivity contribution in [2.75, 3.05) is 13.1 Å². The summed E-state index contributed by atoms with van der Waals surface area (Å²) in [5.74, 6) is 1.42. The molecule has 0 spiro atoms. The van der Waals surface area contributed by atoms with Gasteiger partial charge in [-0.25, -0.2) is 0 Å². The molecule has 0 bridgehead atoms. The van der Waals surface area contributed by atoms with Gasteiger partial charge in [0.1, 0.15) is 0 Å². The van der Waals surface area contributed by atoms with Crippen molar-refractivity contribution in [1.29, 1.82) is 0 Å². The fourth-order valence-corrected chi connectivity index (χ4v) is 3.12. The van der Waals surface area contributed by atoms with E-state index < -0.39 is 0 Å². The Bertz CT molecular complexity index is 372. The van der Waals surface area contributed by atoms with Crippen LogP contribution in [0, 0.1) is 6.92 Å². The molecule has 1 aromatic rings. The molecule has 2 unspecified atom stereocenters. The van der Waals surface area contributed by atoms with E-state index in [1.165, 1.54) is 32.2 Å². The average molecular weight is 236 g/mol. The highest BCUT2D eigenvalue weighted by atomic mass is 16.4. The van der Waals surface area contributed by atoms with E-state index >= 15 is 0 Å². The van der Waals surface area contributed by atoms with E-state index in [0.717, 1.165) is 19.0 Å². The Morgan fingerprint density at radius 3 is 3.00 bits per heavy atom. The molecule has 1 N–H and O–H groups in total. The van der Waals surface area contributed by atoms with Gasteiger partial charge in [0, 0.05) is 19.0 Å². The normalized spacial score (nSPS) is 30.2. The van der Waals surface area contributed by atoms with Crippen LogP contribution in [0.15, 0.2) is 4.42 Å². The first-order valence-corrected chi connectivity index (χ1v) is 6.59. The summed E-state index contributed by atoms with van der Waals surface area (Å²) in [4.78, 5) is 2.50. The molecule has 2 atom stereocenters. The van der Waals surface area contributed by atoms with Crippen molar-refractivity contribution in [3.63, 3.8) is 0 Å². The first-order chi connectivity index (χ1) is 8.33. The molecule has 3 heterocycles. The molecule has 94 valence electrons. The molecule has 0 amide bonds. The number of hydrogen-bond donors (Lipinski definition) is 1. The summed E-state index contributed by atoms with van der Waals surface area (Å²) in [7, 11) is 0. The fraction of sp³-hybridized carbons (Fsp3) is 0.833. The molecule has 0 radical (unpaired) electrons. The number of aromatic nitrogens is 2. The van der Waals surface area contributed by atoms with Crippen LogP contribution in [0.4, 0.5) is 0 Å². The topological polar surface area (TPSA) is 54.2 Å². The smallest absolute Gasteiger partial charge is 0.230 e. The average Bonchev–Trinajstić information content (AvgIpc) is 3.00. The molecule has 0 saturated carbocycles. The van der Waals surface area contributed by atoms with Crippen LogP contribution in [0.5, 0.6) is 0 Å². The second-order valence-electron chi connectivity index (χ2n) is 5.10. The summed E-state index contributed by atoms with van der Waals surface area (Å²) in [5.41, 5.74) is 0. The maximum Gasteiger partial charge on any atom is 0.230 e. The summed E-state index contributed by atoms with van der Waals surface area (Å²) in [6.45, 7) is 4.99. The Morgan fingerprint density at radius 1 is 1.35 bits per heavy atom. The Labute approximate surface area is 102 Å². The molecule has 5 nitrogen and oxygen atoms in total. The van der Waals surface area contributed by atoms with Gasteiger partial charge in [-0.3, -0.25) is 4.90 Å². The lowest BCUT2D eigenvalue weighted by Crippen LogP contribution is -2.43. The fourth-order valence-electron chi connectivity index (χ4n) is 3.12. The summed E-state index contributed by atoms with van der Waals surface area (Å²) < 4.78 is 5.47. The van der Waals surface area contributed by atoms with Gasteiger partial charge in [-0.05, 0) is 38.8 Å². The van der Waals surface area contributed by atoms with Crippen molar-refractivity contribution in [2.45, 2.75) is 51.2 Å². The first-order valence-electron chi connectivity index (χ1n) is 6.59. The monoisotopic (exact) mass is 236 g/mol. The zero-order valence-corrected chi connectivity index (χ0v) is 10.4. The van der Waals surface area contributed by atoms with Crippen molar-refractivity contribution in [1.82, 2.24) is 20.4 Å². The third-order valence-electron chi connectivity index (χ3n) is 3.88. The third-order valence-corrected chi connectivity index (χ3v) is 3.88. The largest absolute Gasteiger partial charge is 0.424 e. The molecule has 2 aliphatic rings. The van der Waals surface area contributed by atoms with Gasteiger partial charge < -0.3 is 9.73 Å². The van der Waals surface area contributed by atoms with Crippen LogP contribution in [-0.2, 0) is 6.54 Å². The van der Waals surface area contributed by atoms with Crippen molar-refractivity contribution in [3.8, 4) is 0 Å². The van der Waals surface area contributed by atoms with E-state index in [1.54, 1.807) is 0 Å². The predicted octanol–water partition coefficient (Wildman–Crippen LogP) is 1.09. The maximum atomic E-state index is 5.47. The van der Waals surface area contributed by atoms with E-state index in [0.29, 0.717) is 18.0 Å². The SMILES string of the molecule is Cc1nnc(CN2CCCC2C2CCCN2)o1. The molecule has 0 aromatic carbocycles. The zero-order chi connectivity index (χ0) is 11.7. The lowest BCUT2D eigenvalue weighted by atomic mass is 10.0. The Balaban J connectivity index is 1.65. The van der Waals surface area contributed by atoms with E-state index in [1.807, 2.05) is 6.92 Å². The third kappa shape index (κ3) is 2.35. The molecule has 2 saturated heterocycles. The van der Waals surface area contributed by atoms with E-state index in [9.17, 15) is 0 Å². The van der Waals surface area contributed by atoms with E-state index in [-0.39, 0.29) is 0 Å². The van der Waals surface area contributed by atoms with Crippen molar-refractivity contribution >= 4 is 0 Å². The van der Waals surface area contributed by atoms with Crippen LogP contribution in [0.3, 0.4) is 0 Å². The highest BCUT2D eigenvalue weighted by Crippen LogP contribution is 2.26. The summed E-state index contributed by atoms with van der Waals surface area (Å²) in [6, 6.07) is 1.33. The molecule has 2 aliphatic heterocycles. The van der Waals surface area contributed by atoms with Crippen LogP contribution in [0.2, 0.25) is 0 Å². The number of nitrogens with one attached hydrogen (secondary N) is 1. The lowest BCUT2D eigenvalue weighted by molar-refractivity contribution is 0.188. The molecule has 3 rings (SSSR count). The van der Waals surface area contributed by atoms with Gasteiger partial charge in [0.05, 0.1) is 6.54 Å². The number of rotatable bonds is 3. The van der Waals surface area contributed by atoms with Gasteiger partial charge in [-0.2, -0.15) is 0 Å². The van der Waals surface area contributed by atoms with Crippen LogP contribution >= 0.6 is 0 Å². The highest BCUT2D eigenvalue weighted by Gasteiger charge is 2.33. The standard InChI is InChI=1S/C12H20N4O/c1-9-14-15-12(17-9)8-16-7-3-5-11(16)10-4-2-6-13-10/h10-11,13H,2-8H2,1H3. The quantitative estimate of drug-likeness (QED) is 0.851. The molecule has 2 fully saturated rings. The van der Waals surface area contributed by atoms with Gasteiger partial charge in [0.25, 0.3) is 0 Å². The molecule has 0 aliphatic carbocycles. The van der Waals surface area contributed by atoms with Crippen molar-refractivity contribution in [2.24, 2.45) is 0 Å². The minimum absolute atomic E-state index is 0.657. The molecular formula is C12H20N4O. The Hall–Kier alpha value is -0.940. The van der Waals surface area contributed by atoms with Crippen LogP contribution in [0.25, 0.3) is 0 Å². The molecular weight excluding hydrogens is 216 g/mol. The number of aryl methyl sites for hydroxylation is 1. The Morgan fingerprint density at radius 2 is 2.29 bits per heavy atom. The minimum atomic E-state index is 0.657. The highest BCUT2D eigenvalue weighted by molar-refractivity contribution is 4.93. The Kier molecular flexibility index (Phi) is 3.11. The van der Waals surface area contributed by atoms with E-state index in [4.69, 9.17) is 4.42 Å². The molecule has 5 heteroatoms. The van der Waals surface area contributed by atoms with Crippen LogP contribution in [-0.4, -0.2) is 40.3 Å². The van der Waals surface area contributed by atoms with Gasteiger partial charge in [0.15, 0.2) is 0 Å². The van der Waals surface area contributed by atoms with Crippen LogP contribution in [0.1, 0.15) is 37.5 Å². The number of hydrogen-bond acceptors (Lipinski definition) is 5. The van der Waals surface area contributed by atoms with Gasteiger partial charge in [-0.15, -0.1) is 10.2 Å². The maximum absolute atomic E-state index is 5.47. The zero-order valence-electron chi connectivity index (χ0n) is 10.4. The summed E-state index contributed by atoms with van der Waals surface area (Å²) in [5, 5.41) is 11.6. The molecule has 17 heavy (non-hydrogen) atoms. The second kappa shape index (κ2) is 4.74. The number of likely N-dealkylation sites (tertiary alicyclic amines) is 1. The second-order valence-corrected chi connectivity index (χ2v) is 5.10. The molecule has 1 aromatic heterocycles.